The monoisotopic (exact) mass is 274 g/mol. The van der Waals surface area contributed by atoms with Crippen molar-refractivity contribution in [1.29, 1.82) is 0 Å². The highest BCUT2D eigenvalue weighted by Gasteiger charge is 2.10. The molecule has 0 aliphatic rings. The zero-order chi connectivity index (χ0) is 12.8. The molecule has 0 saturated heterocycles. The van der Waals surface area contributed by atoms with E-state index >= 15 is 0 Å². The SMILES string of the molecule is CCCCCC(C)Nc1c(C)cc(Cl)nc1Cl. The molecule has 96 valence electrons. The molecule has 0 radical (unpaired) electrons. The van der Waals surface area contributed by atoms with E-state index in [-0.39, 0.29) is 0 Å². The number of nitrogens with zero attached hydrogens (tertiary/aromatic N) is 1. The van der Waals surface area contributed by atoms with Gasteiger partial charge < -0.3 is 5.32 Å². The first-order valence-electron chi connectivity index (χ1n) is 6.13. The molecule has 0 aliphatic carbocycles. The molecule has 1 aromatic rings. The van der Waals surface area contributed by atoms with E-state index in [1.54, 1.807) is 0 Å². The van der Waals surface area contributed by atoms with Gasteiger partial charge in [-0.1, -0.05) is 49.4 Å². The second-order valence-corrected chi connectivity index (χ2v) is 5.21. The zero-order valence-corrected chi connectivity index (χ0v) is 12.2. The molecule has 1 rings (SSSR count). The number of aromatic nitrogens is 1. The third-order valence-electron chi connectivity index (χ3n) is 2.77. The maximum atomic E-state index is 6.08. The lowest BCUT2D eigenvalue weighted by Gasteiger charge is -2.17. The highest BCUT2D eigenvalue weighted by Crippen LogP contribution is 2.27. The van der Waals surface area contributed by atoms with Gasteiger partial charge in [-0.2, -0.15) is 0 Å². The lowest BCUT2D eigenvalue weighted by molar-refractivity contribution is 0.615. The second kappa shape index (κ2) is 7.07. The van der Waals surface area contributed by atoms with Crippen LogP contribution in [-0.4, -0.2) is 11.0 Å². The van der Waals surface area contributed by atoms with E-state index in [1.807, 2.05) is 13.0 Å². The summed E-state index contributed by atoms with van der Waals surface area (Å²) < 4.78 is 0. The predicted molar refractivity (Wildman–Crippen MR) is 76.2 cm³/mol. The van der Waals surface area contributed by atoms with Gasteiger partial charge in [0.25, 0.3) is 0 Å². The van der Waals surface area contributed by atoms with E-state index in [4.69, 9.17) is 23.2 Å². The van der Waals surface area contributed by atoms with E-state index in [0.29, 0.717) is 16.3 Å². The molecule has 0 fully saturated rings. The predicted octanol–water partition coefficient (Wildman–Crippen LogP) is 5.08. The normalized spacial score (nSPS) is 12.5. The van der Waals surface area contributed by atoms with Gasteiger partial charge in [-0.3, -0.25) is 0 Å². The van der Waals surface area contributed by atoms with Crippen molar-refractivity contribution in [2.75, 3.05) is 5.32 Å². The number of halogens is 2. The fraction of sp³-hybridized carbons (Fsp3) is 0.615. The molecule has 1 heterocycles. The molecular formula is C13H20Cl2N2. The van der Waals surface area contributed by atoms with Crippen LogP contribution in [0.5, 0.6) is 0 Å². The molecule has 0 aromatic carbocycles. The molecular weight excluding hydrogens is 255 g/mol. The van der Waals surface area contributed by atoms with Crippen molar-refractivity contribution < 1.29 is 0 Å². The largest absolute Gasteiger partial charge is 0.380 e. The van der Waals surface area contributed by atoms with Crippen LogP contribution in [-0.2, 0) is 0 Å². The number of anilines is 1. The Bertz CT molecular complexity index is 343. The Balaban J connectivity index is 2.61. The summed E-state index contributed by atoms with van der Waals surface area (Å²) in [6.07, 6.45) is 4.90. The Morgan fingerprint density at radius 2 is 2.06 bits per heavy atom. The number of pyridine rings is 1. The summed E-state index contributed by atoms with van der Waals surface area (Å²) >= 11 is 11.9. The molecule has 1 unspecified atom stereocenters. The summed E-state index contributed by atoms with van der Waals surface area (Å²) in [6.45, 7) is 6.36. The van der Waals surface area contributed by atoms with Gasteiger partial charge in [0.2, 0.25) is 0 Å². The molecule has 0 amide bonds. The van der Waals surface area contributed by atoms with Gasteiger partial charge in [-0.15, -0.1) is 0 Å². The third-order valence-corrected chi connectivity index (χ3v) is 3.24. The minimum Gasteiger partial charge on any atom is -0.380 e. The Kier molecular flexibility index (Phi) is 6.07. The fourth-order valence-electron chi connectivity index (χ4n) is 1.79. The van der Waals surface area contributed by atoms with Crippen molar-refractivity contribution in [3.8, 4) is 0 Å². The maximum absolute atomic E-state index is 6.08. The molecule has 4 heteroatoms. The quantitative estimate of drug-likeness (QED) is 0.578. The number of hydrogen-bond acceptors (Lipinski definition) is 2. The summed E-state index contributed by atoms with van der Waals surface area (Å²) in [7, 11) is 0. The van der Waals surface area contributed by atoms with Gasteiger partial charge in [0.05, 0.1) is 5.69 Å². The van der Waals surface area contributed by atoms with Crippen molar-refractivity contribution in [1.82, 2.24) is 4.98 Å². The van der Waals surface area contributed by atoms with Crippen molar-refractivity contribution in [2.45, 2.75) is 52.5 Å². The second-order valence-electron chi connectivity index (χ2n) is 4.47. The van der Waals surface area contributed by atoms with E-state index in [2.05, 4.69) is 24.1 Å². The minimum atomic E-state index is 0.403. The first kappa shape index (κ1) is 14.6. The summed E-state index contributed by atoms with van der Waals surface area (Å²) in [5.74, 6) is 0. The zero-order valence-electron chi connectivity index (χ0n) is 10.7. The standard InChI is InChI=1S/C13H20Cl2N2/c1-4-5-6-7-10(3)16-12-9(2)8-11(14)17-13(12)15/h8,10,16H,4-7H2,1-3H3. The van der Waals surface area contributed by atoms with Crippen LogP contribution in [0.25, 0.3) is 0 Å². The van der Waals surface area contributed by atoms with Crippen molar-refractivity contribution in [3.63, 3.8) is 0 Å². The summed E-state index contributed by atoms with van der Waals surface area (Å²) in [5, 5.41) is 4.31. The van der Waals surface area contributed by atoms with Crippen molar-refractivity contribution in [2.24, 2.45) is 0 Å². The fourth-order valence-corrected chi connectivity index (χ4v) is 2.37. The van der Waals surface area contributed by atoms with Crippen LogP contribution >= 0.6 is 23.2 Å². The van der Waals surface area contributed by atoms with Crippen LogP contribution in [0.15, 0.2) is 6.07 Å². The molecule has 2 nitrogen and oxygen atoms in total. The number of unbranched alkanes of at least 4 members (excludes halogenated alkanes) is 2. The van der Waals surface area contributed by atoms with E-state index in [9.17, 15) is 0 Å². The summed E-state index contributed by atoms with van der Waals surface area (Å²) in [4.78, 5) is 4.05. The number of hydrogen-bond donors (Lipinski definition) is 1. The third kappa shape index (κ3) is 4.72. The van der Waals surface area contributed by atoms with Gasteiger partial charge in [0.15, 0.2) is 5.15 Å². The lowest BCUT2D eigenvalue weighted by Crippen LogP contribution is -2.16. The van der Waals surface area contributed by atoms with E-state index in [1.165, 1.54) is 19.3 Å². The van der Waals surface area contributed by atoms with Gasteiger partial charge in [-0.05, 0) is 31.9 Å². The first-order valence-corrected chi connectivity index (χ1v) is 6.89. The van der Waals surface area contributed by atoms with Crippen LogP contribution in [0, 0.1) is 6.92 Å². The number of aryl methyl sites for hydroxylation is 1. The van der Waals surface area contributed by atoms with Crippen LogP contribution in [0.2, 0.25) is 10.3 Å². The Morgan fingerprint density at radius 1 is 1.35 bits per heavy atom. The van der Waals surface area contributed by atoms with Gasteiger partial charge in [0, 0.05) is 6.04 Å². The maximum Gasteiger partial charge on any atom is 0.154 e. The van der Waals surface area contributed by atoms with Gasteiger partial charge >= 0.3 is 0 Å². The minimum absolute atomic E-state index is 0.403. The molecule has 1 aromatic heterocycles. The lowest BCUT2D eigenvalue weighted by atomic mass is 10.1. The van der Waals surface area contributed by atoms with Crippen molar-refractivity contribution in [3.05, 3.63) is 21.9 Å². The highest BCUT2D eigenvalue weighted by molar-refractivity contribution is 6.34. The van der Waals surface area contributed by atoms with Gasteiger partial charge in [0.1, 0.15) is 5.15 Å². The van der Waals surface area contributed by atoms with E-state index in [0.717, 1.165) is 17.7 Å². The molecule has 0 aliphatic heterocycles. The average molecular weight is 275 g/mol. The Hall–Kier alpha value is -0.470. The van der Waals surface area contributed by atoms with Crippen LogP contribution in [0.1, 0.15) is 45.1 Å². The Labute approximate surface area is 114 Å². The number of rotatable bonds is 6. The summed E-state index contributed by atoms with van der Waals surface area (Å²) in [6, 6.07) is 2.23. The first-order chi connectivity index (χ1) is 8.04. The smallest absolute Gasteiger partial charge is 0.154 e. The van der Waals surface area contributed by atoms with Gasteiger partial charge in [-0.25, -0.2) is 4.98 Å². The van der Waals surface area contributed by atoms with Crippen LogP contribution in [0.3, 0.4) is 0 Å². The number of nitrogens with one attached hydrogen (secondary N) is 1. The average Bonchev–Trinajstić information content (AvgIpc) is 2.24. The molecule has 0 bridgehead atoms. The molecule has 0 saturated carbocycles. The van der Waals surface area contributed by atoms with Crippen molar-refractivity contribution >= 4 is 28.9 Å². The van der Waals surface area contributed by atoms with E-state index < -0.39 is 0 Å². The molecule has 1 atom stereocenters. The van der Waals surface area contributed by atoms with Crippen LogP contribution < -0.4 is 5.32 Å². The Morgan fingerprint density at radius 3 is 2.65 bits per heavy atom. The molecule has 1 N–H and O–H groups in total. The molecule has 0 spiro atoms. The summed E-state index contributed by atoms with van der Waals surface area (Å²) in [5.41, 5.74) is 1.94. The highest BCUT2D eigenvalue weighted by atomic mass is 35.5. The topological polar surface area (TPSA) is 24.9 Å². The van der Waals surface area contributed by atoms with Crippen LogP contribution in [0.4, 0.5) is 5.69 Å². The molecule has 17 heavy (non-hydrogen) atoms.